The summed E-state index contributed by atoms with van der Waals surface area (Å²) in [6.07, 6.45) is 0. The molecule has 1 amide bonds. The molecule has 2 rings (SSSR count). The number of likely N-dealkylation sites (N-methyl/N-ethyl adjacent to an activating group) is 1. The van der Waals surface area contributed by atoms with Gasteiger partial charge in [-0.15, -0.1) is 0 Å². The van der Waals surface area contributed by atoms with Crippen LogP contribution in [0.5, 0.6) is 0 Å². The Morgan fingerprint density at radius 3 is 2.17 bits per heavy atom. The first-order chi connectivity index (χ1) is 11.4. The molecule has 0 aliphatic heterocycles. The molecule has 2 aromatic rings. The Balaban J connectivity index is 2.05. The van der Waals surface area contributed by atoms with Crippen molar-refractivity contribution >= 4 is 15.7 Å². The van der Waals surface area contributed by atoms with E-state index in [1.165, 1.54) is 0 Å². The quantitative estimate of drug-likeness (QED) is 0.751. The van der Waals surface area contributed by atoms with Crippen LogP contribution < -0.4 is 10.6 Å². The van der Waals surface area contributed by atoms with Gasteiger partial charge < -0.3 is 10.6 Å². The third-order valence-electron chi connectivity index (χ3n) is 3.61. The summed E-state index contributed by atoms with van der Waals surface area (Å²) >= 11 is 0. The smallest absolute Gasteiger partial charge is 0.251 e. The summed E-state index contributed by atoms with van der Waals surface area (Å²) in [7, 11) is -1.57. The average molecular weight is 346 g/mol. The molecule has 2 aromatic carbocycles. The first-order valence-electron chi connectivity index (χ1n) is 7.73. The molecule has 0 spiro atoms. The Labute approximate surface area is 143 Å². The zero-order valence-corrected chi connectivity index (χ0v) is 14.7. The van der Waals surface area contributed by atoms with E-state index < -0.39 is 9.84 Å². The molecule has 0 bridgehead atoms. The summed E-state index contributed by atoms with van der Waals surface area (Å²) in [6.45, 7) is 3.15. The van der Waals surface area contributed by atoms with Crippen molar-refractivity contribution in [2.45, 2.75) is 17.6 Å². The van der Waals surface area contributed by atoms with Crippen molar-refractivity contribution in [1.82, 2.24) is 10.6 Å². The van der Waals surface area contributed by atoms with E-state index in [4.69, 9.17) is 0 Å². The van der Waals surface area contributed by atoms with Crippen LogP contribution in [0.4, 0.5) is 0 Å². The number of nitrogens with one attached hydrogen (secondary N) is 2. The van der Waals surface area contributed by atoms with Gasteiger partial charge in [-0.05, 0) is 43.8 Å². The van der Waals surface area contributed by atoms with Crippen LogP contribution in [-0.4, -0.2) is 34.5 Å². The van der Waals surface area contributed by atoms with Gasteiger partial charge in [0.25, 0.3) is 5.91 Å². The molecule has 0 aliphatic carbocycles. The minimum atomic E-state index is -3.39. The summed E-state index contributed by atoms with van der Waals surface area (Å²) in [5.74, 6) is -0.254. The monoisotopic (exact) mass is 346 g/mol. The van der Waals surface area contributed by atoms with E-state index in [9.17, 15) is 13.2 Å². The molecule has 0 atom stereocenters. The van der Waals surface area contributed by atoms with Crippen LogP contribution in [0.1, 0.15) is 21.5 Å². The van der Waals surface area contributed by atoms with Crippen LogP contribution in [0.15, 0.2) is 53.4 Å². The molecular formula is C18H22N2O3S. The second-order valence-corrected chi connectivity index (χ2v) is 7.62. The van der Waals surface area contributed by atoms with Gasteiger partial charge in [-0.1, -0.05) is 29.8 Å². The summed E-state index contributed by atoms with van der Waals surface area (Å²) in [6, 6.07) is 13.5. The van der Waals surface area contributed by atoms with Gasteiger partial charge in [0.1, 0.15) is 0 Å². The Morgan fingerprint density at radius 2 is 1.58 bits per heavy atom. The first kappa shape index (κ1) is 18.2. The van der Waals surface area contributed by atoms with Gasteiger partial charge in [-0.3, -0.25) is 4.79 Å². The van der Waals surface area contributed by atoms with E-state index in [-0.39, 0.29) is 11.7 Å². The molecule has 0 aromatic heterocycles. The molecule has 0 saturated heterocycles. The molecule has 6 heteroatoms. The lowest BCUT2D eigenvalue weighted by molar-refractivity contribution is 0.0954. The zero-order valence-electron chi connectivity index (χ0n) is 13.9. The Hall–Kier alpha value is -2.18. The molecular weight excluding hydrogens is 324 g/mol. The van der Waals surface area contributed by atoms with Gasteiger partial charge >= 0.3 is 0 Å². The highest BCUT2D eigenvalue weighted by Gasteiger charge is 2.15. The van der Waals surface area contributed by atoms with Gasteiger partial charge in [-0.2, -0.15) is 0 Å². The molecule has 0 radical (unpaired) electrons. The molecule has 0 fully saturated rings. The number of amides is 1. The van der Waals surface area contributed by atoms with Crippen LogP contribution >= 0.6 is 0 Å². The van der Waals surface area contributed by atoms with Crippen LogP contribution in [-0.2, 0) is 15.6 Å². The maximum Gasteiger partial charge on any atom is 0.251 e. The van der Waals surface area contributed by atoms with Gasteiger partial charge in [0.2, 0.25) is 0 Å². The van der Waals surface area contributed by atoms with Gasteiger partial charge in [0.15, 0.2) is 9.84 Å². The molecule has 0 saturated carbocycles. The fourth-order valence-electron chi connectivity index (χ4n) is 2.20. The van der Waals surface area contributed by atoms with E-state index in [0.717, 1.165) is 5.56 Å². The van der Waals surface area contributed by atoms with Gasteiger partial charge in [0.05, 0.1) is 10.6 Å². The second-order valence-electron chi connectivity index (χ2n) is 5.63. The Bertz CT molecular complexity index is 782. The number of sulfone groups is 1. The third-order valence-corrected chi connectivity index (χ3v) is 5.32. The van der Waals surface area contributed by atoms with Crippen LogP contribution in [0.2, 0.25) is 0 Å². The number of aryl methyl sites for hydroxylation is 1. The van der Waals surface area contributed by atoms with Crippen LogP contribution in [0, 0.1) is 6.92 Å². The fraction of sp³-hybridized carbons (Fsp3) is 0.278. The number of rotatable bonds is 7. The predicted octanol–water partition coefficient (Wildman–Crippen LogP) is 1.92. The largest absolute Gasteiger partial charge is 0.351 e. The molecule has 128 valence electrons. The summed E-state index contributed by atoms with van der Waals surface area (Å²) < 4.78 is 24.8. The summed E-state index contributed by atoms with van der Waals surface area (Å²) in [5, 5.41) is 5.73. The predicted molar refractivity (Wildman–Crippen MR) is 94.8 cm³/mol. The van der Waals surface area contributed by atoms with E-state index in [1.807, 2.05) is 14.0 Å². The average Bonchev–Trinajstić information content (AvgIpc) is 2.55. The maximum absolute atomic E-state index is 12.4. The highest BCUT2D eigenvalue weighted by Crippen LogP contribution is 2.17. The van der Waals surface area contributed by atoms with Crippen LogP contribution in [0.3, 0.4) is 0 Å². The number of hydrogen-bond donors (Lipinski definition) is 2. The number of carbonyl (C=O) groups is 1. The molecule has 2 N–H and O–H groups in total. The first-order valence-corrected chi connectivity index (χ1v) is 9.39. The molecule has 0 aliphatic rings. The summed E-state index contributed by atoms with van der Waals surface area (Å²) in [4.78, 5) is 12.2. The molecule has 0 heterocycles. The van der Waals surface area contributed by atoms with Crippen molar-refractivity contribution in [3.63, 3.8) is 0 Å². The minimum Gasteiger partial charge on any atom is -0.351 e. The third kappa shape index (κ3) is 4.91. The molecule has 5 nitrogen and oxygen atoms in total. The second kappa shape index (κ2) is 8.08. The van der Waals surface area contributed by atoms with Crippen molar-refractivity contribution in [3.8, 4) is 0 Å². The lowest BCUT2D eigenvalue weighted by Crippen LogP contribution is -2.30. The van der Waals surface area contributed by atoms with E-state index in [1.54, 1.807) is 48.5 Å². The van der Waals surface area contributed by atoms with Crippen molar-refractivity contribution in [2.75, 3.05) is 20.1 Å². The Kier molecular flexibility index (Phi) is 6.11. The van der Waals surface area contributed by atoms with E-state index in [0.29, 0.717) is 29.1 Å². The van der Waals surface area contributed by atoms with E-state index in [2.05, 4.69) is 10.6 Å². The van der Waals surface area contributed by atoms with Crippen molar-refractivity contribution in [3.05, 3.63) is 65.2 Å². The highest BCUT2D eigenvalue weighted by atomic mass is 32.2. The minimum absolute atomic E-state index is 0.0856. The lowest BCUT2D eigenvalue weighted by Gasteiger charge is -2.07. The Morgan fingerprint density at radius 1 is 0.958 bits per heavy atom. The molecule has 0 unspecified atom stereocenters. The van der Waals surface area contributed by atoms with E-state index >= 15 is 0 Å². The van der Waals surface area contributed by atoms with Crippen molar-refractivity contribution < 1.29 is 13.2 Å². The fourth-order valence-corrected chi connectivity index (χ4v) is 3.55. The SMILES string of the molecule is CNCCNC(=O)c1ccc(CS(=O)(=O)c2ccc(C)cc2)cc1. The molecule has 24 heavy (non-hydrogen) atoms. The number of hydrogen-bond acceptors (Lipinski definition) is 4. The van der Waals surface area contributed by atoms with Crippen molar-refractivity contribution in [1.29, 1.82) is 0 Å². The summed E-state index contributed by atoms with van der Waals surface area (Å²) in [5.41, 5.74) is 2.19. The standard InChI is InChI=1S/C18H22N2O3S/c1-14-3-9-17(10-4-14)24(22,23)13-15-5-7-16(8-6-15)18(21)20-12-11-19-2/h3-10,19H,11-13H2,1-2H3,(H,20,21). The lowest BCUT2D eigenvalue weighted by atomic mass is 10.1. The maximum atomic E-state index is 12.4. The number of carbonyl (C=O) groups excluding carboxylic acids is 1. The normalized spacial score (nSPS) is 11.2. The van der Waals surface area contributed by atoms with Crippen LogP contribution in [0.25, 0.3) is 0 Å². The topological polar surface area (TPSA) is 75.3 Å². The van der Waals surface area contributed by atoms with Gasteiger partial charge in [0, 0.05) is 18.7 Å². The highest BCUT2D eigenvalue weighted by molar-refractivity contribution is 7.90. The number of benzene rings is 2. The van der Waals surface area contributed by atoms with Crippen molar-refractivity contribution in [2.24, 2.45) is 0 Å². The zero-order chi connectivity index (χ0) is 17.6. The van der Waals surface area contributed by atoms with Gasteiger partial charge in [-0.25, -0.2) is 8.42 Å².